The summed E-state index contributed by atoms with van der Waals surface area (Å²) in [6, 6.07) is 10.0. The Morgan fingerprint density at radius 2 is 2.07 bits per heavy atom. The molecule has 1 fully saturated rings. The fourth-order valence-electron chi connectivity index (χ4n) is 1.85. The Morgan fingerprint density at radius 1 is 1.36 bits per heavy atom. The molecule has 0 spiro atoms. The Labute approximate surface area is 89.5 Å². The molecule has 14 heavy (non-hydrogen) atoms. The highest BCUT2D eigenvalue weighted by molar-refractivity contribution is 7.99. The smallest absolute Gasteiger partial charge is 0.0987 e. The zero-order valence-electron chi connectivity index (χ0n) is 8.44. The molecule has 1 aliphatic heterocycles. The van der Waals surface area contributed by atoms with Crippen LogP contribution in [0.15, 0.2) is 30.3 Å². The van der Waals surface area contributed by atoms with E-state index >= 15 is 0 Å². The van der Waals surface area contributed by atoms with E-state index in [1.165, 1.54) is 0 Å². The first kappa shape index (κ1) is 10.1. The van der Waals surface area contributed by atoms with Gasteiger partial charge in [-0.05, 0) is 18.4 Å². The van der Waals surface area contributed by atoms with Crippen LogP contribution in [0.4, 0.5) is 0 Å². The van der Waals surface area contributed by atoms with Crippen LogP contribution in [0.2, 0.25) is 0 Å². The summed E-state index contributed by atoms with van der Waals surface area (Å²) in [6.45, 7) is 2.23. The fourth-order valence-corrected chi connectivity index (χ4v) is 3.01. The van der Waals surface area contributed by atoms with Crippen LogP contribution in [-0.4, -0.2) is 16.1 Å². The average molecular weight is 208 g/mol. The molecule has 1 aliphatic rings. The van der Waals surface area contributed by atoms with Gasteiger partial charge in [-0.25, -0.2) is 0 Å². The van der Waals surface area contributed by atoms with E-state index in [0.29, 0.717) is 5.25 Å². The highest BCUT2D eigenvalue weighted by Crippen LogP contribution is 2.38. The van der Waals surface area contributed by atoms with Crippen molar-refractivity contribution in [3.05, 3.63) is 35.9 Å². The summed E-state index contributed by atoms with van der Waals surface area (Å²) in [4.78, 5) is 0. The van der Waals surface area contributed by atoms with Gasteiger partial charge in [0.15, 0.2) is 0 Å². The number of hydrogen-bond acceptors (Lipinski definition) is 2. The molecule has 1 aromatic carbocycles. The van der Waals surface area contributed by atoms with Gasteiger partial charge in [0.25, 0.3) is 0 Å². The summed E-state index contributed by atoms with van der Waals surface area (Å²) in [6.07, 6.45) is 2.00. The zero-order chi connectivity index (χ0) is 10.0. The third-order valence-electron chi connectivity index (χ3n) is 2.88. The van der Waals surface area contributed by atoms with Crippen molar-refractivity contribution in [2.24, 2.45) is 0 Å². The van der Waals surface area contributed by atoms with Crippen LogP contribution in [0.25, 0.3) is 0 Å². The fraction of sp³-hybridized carbons (Fsp3) is 0.500. The maximum absolute atomic E-state index is 10.4. The summed E-state index contributed by atoms with van der Waals surface area (Å²) in [7, 11) is 0. The Morgan fingerprint density at radius 3 is 2.64 bits per heavy atom. The molecule has 0 aliphatic carbocycles. The predicted molar refractivity (Wildman–Crippen MR) is 61.5 cm³/mol. The number of benzene rings is 1. The SMILES string of the molecule is C[C@@H]1CC[C@@](O)(c2ccccc2)CS1. The van der Waals surface area contributed by atoms with Gasteiger partial charge in [0.1, 0.15) is 0 Å². The largest absolute Gasteiger partial charge is 0.384 e. The summed E-state index contributed by atoms with van der Waals surface area (Å²) in [5, 5.41) is 11.1. The van der Waals surface area contributed by atoms with Crippen molar-refractivity contribution in [1.29, 1.82) is 0 Å². The van der Waals surface area contributed by atoms with Gasteiger partial charge in [0, 0.05) is 11.0 Å². The van der Waals surface area contributed by atoms with E-state index in [0.717, 1.165) is 24.2 Å². The number of rotatable bonds is 1. The van der Waals surface area contributed by atoms with Gasteiger partial charge in [-0.15, -0.1) is 0 Å². The predicted octanol–water partition coefficient (Wildman–Crippen LogP) is 2.79. The molecule has 1 saturated heterocycles. The van der Waals surface area contributed by atoms with Crippen LogP contribution < -0.4 is 0 Å². The molecule has 0 unspecified atom stereocenters. The van der Waals surface area contributed by atoms with E-state index in [1.807, 2.05) is 42.1 Å². The van der Waals surface area contributed by atoms with Gasteiger partial charge in [-0.2, -0.15) is 11.8 Å². The van der Waals surface area contributed by atoms with Crippen LogP contribution in [0.3, 0.4) is 0 Å². The molecule has 2 atom stereocenters. The van der Waals surface area contributed by atoms with Crippen LogP contribution in [0, 0.1) is 0 Å². The Balaban J connectivity index is 2.17. The molecule has 76 valence electrons. The average Bonchev–Trinajstić information content (AvgIpc) is 2.24. The van der Waals surface area contributed by atoms with Crippen molar-refractivity contribution in [2.75, 3.05) is 5.75 Å². The molecule has 0 bridgehead atoms. The normalized spacial score (nSPS) is 32.9. The second-order valence-corrected chi connectivity index (χ2v) is 5.48. The lowest BCUT2D eigenvalue weighted by atomic mass is 9.90. The first-order valence-electron chi connectivity index (χ1n) is 5.10. The number of aliphatic hydroxyl groups is 1. The lowest BCUT2D eigenvalue weighted by molar-refractivity contribution is 0.0471. The van der Waals surface area contributed by atoms with Crippen LogP contribution >= 0.6 is 11.8 Å². The van der Waals surface area contributed by atoms with Gasteiger partial charge in [-0.3, -0.25) is 0 Å². The first-order valence-corrected chi connectivity index (χ1v) is 6.15. The van der Waals surface area contributed by atoms with E-state index in [1.54, 1.807) is 0 Å². The van der Waals surface area contributed by atoms with Crippen molar-refractivity contribution in [1.82, 2.24) is 0 Å². The zero-order valence-corrected chi connectivity index (χ0v) is 9.26. The molecular formula is C12H16OS. The Bertz CT molecular complexity index is 288. The molecule has 0 saturated carbocycles. The van der Waals surface area contributed by atoms with E-state index in [-0.39, 0.29) is 0 Å². The Kier molecular flexibility index (Phi) is 2.84. The highest BCUT2D eigenvalue weighted by atomic mass is 32.2. The summed E-state index contributed by atoms with van der Waals surface area (Å²) in [5.41, 5.74) is 0.484. The van der Waals surface area contributed by atoms with Crippen LogP contribution in [-0.2, 0) is 5.60 Å². The van der Waals surface area contributed by atoms with E-state index in [9.17, 15) is 5.11 Å². The molecule has 2 rings (SSSR count). The van der Waals surface area contributed by atoms with Crippen molar-refractivity contribution >= 4 is 11.8 Å². The maximum Gasteiger partial charge on any atom is 0.0987 e. The standard InChI is InChI=1S/C12H16OS/c1-10-7-8-12(13,9-14-10)11-5-3-2-4-6-11/h2-6,10,13H,7-9H2,1H3/t10-,12+/m1/s1. The molecule has 0 amide bonds. The minimum absolute atomic E-state index is 0.585. The van der Waals surface area contributed by atoms with E-state index in [2.05, 4.69) is 6.92 Å². The minimum atomic E-state index is -0.585. The van der Waals surface area contributed by atoms with E-state index in [4.69, 9.17) is 0 Å². The van der Waals surface area contributed by atoms with Crippen molar-refractivity contribution in [3.63, 3.8) is 0 Å². The van der Waals surface area contributed by atoms with Gasteiger partial charge >= 0.3 is 0 Å². The number of thioether (sulfide) groups is 1. The number of hydrogen-bond donors (Lipinski definition) is 1. The topological polar surface area (TPSA) is 20.2 Å². The third kappa shape index (κ3) is 1.96. The molecule has 0 radical (unpaired) electrons. The second-order valence-electron chi connectivity index (χ2n) is 4.06. The van der Waals surface area contributed by atoms with Crippen LogP contribution in [0.1, 0.15) is 25.3 Å². The van der Waals surface area contributed by atoms with Crippen molar-refractivity contribution in [3.8, 4) is 0 Å². The van der Waals surface area contributed by atoms with Crippen molar-refractivity contribution < 1.29 is 5.11 Å². The van der Waals surface area contributed by atoms with Gasteiger partial charge in [0.05, 0.1) is 5.60 Å². The van der Waals surface area contributed by atoms with Gasteiger partial charge in [-0.1, -0.05) is 37.3 Å². The molecule has 1 heterocycles. The van der Waals surface area contributed by atoms with Gasteiger partial charge < -0.3 is 5.11 Å². The first-order chi connectivity index (χ1) is 6.71. The van der Waals surface area contributed by atoms with Gasteiger partial charge in [0.2, 0.25) is 0 Å². The van der Waals surface area contributed by atoms with E-state index < -0.39 is 5.60 Å². The summed E-state index contributed by atoms with van der Waals surface area (Å²) in [5.74, 6) is 0.832. The molecule has 2 heteroatoms. The minimum Gasteiger partial charge on any atom is -0.384 e. The van der Waals surface area contributed by atoms with Crippen molar-refractivity contribution in [2.45, 2.75) is 30.6 Å². The third-order valence-corrected chi connectivity index (χ3v) is 4.33. The maximum atomic E-state index is 10.4. The molecule has 0 aromatic heterocycles. The lowest BCUT2D eigenvalue weighted by Gasteiger charge is -2.34. The second kappa shape index (κ2) is 3.95. The summed E-state index contributed by atoms with van der Waals surface area (Å²) < 4.78 is 0. The monoisotopic (exact) mass is 208 g/mol. The summed E-state index contributed by atoms with van der Waals surface area (Å²) >= 11 is 1.87. The highest BCUT2D eigenvalue weighted by Gasteiger charge is 2.33. The molecule has 1 aromatic rings. The van der Waals surface area contributed by atoms with Crippen LogP contribution in [0.5, 0.6) is 0 Å². The molecule has 1 N–H and O–H groups in total. The molecular weight excluding hydrogens is 192 g/mol. The molecule has 1 nitrogen and oxygen atoms in total. The lowest BCUT2D eigenvalue weighted by Crippen LogP contribution is -2.33. The Hall–Kier alpha value is -0.470. The quantitative estimate of drug-likeness (QED) is 0.766.